The fourth-order valence-electron chi connectivity index (χ4n) is 4.12. The lowest BCUT2D eigenvalue weighted by Crippen LogP contribution is -2.38. The van der Waals surface area contributed by atoms with Gasteiger partial charge in [-0.1, -0.05) is 43.7 Å². The highest BCUT2D eigenvalue weighted by atomic mass is 16.2. The molecule has 1 aromatic rings. The Morgan fingerprint density at radius 1 is 1.14 bits per heavy atom. The lowest BCUT2D eigenvalue weighted by atomic mass is 9.69. The fourth-order valence-corrected chi connectivity index (χ4v) is 4.12. The number of nitrogens with zero attached hydrogens (tertiary/aromatic N) is 1. The van der Waals surface area contributed by atoms with E-state index in [1.165, 1.54) is 5.57 Å². The third-order valence-electron chi connectivity index (χ3n) is 5.93. The van der Waals surface area contributed by atoms with Gasteiger partial charge in [0, 0.05) is 31.6 Å². The number of amides is 2. The first-order chi connectivity index (χ1) is 13.8. The standard InChI is InChI=1S/C24H37N3O2/c1-17(2)22-14-20(15-23(28)25-11-12-27(4)5)18(3)13-21(22)16-26-24(29)19-9-7-6-8-10-19/h6-10,13,17,20-22H,11-12,14-16H2,1-5H3,(H,25,28)(H,26,29). The number of rotatable bonds is 9. The Morgan fingerprint density at radius 3 is 2.45 bits per heavy atom. The molecule has 5 nitrogen and oxygen atoms in total. The van der Waals surface area contributed by atoms with E-state index in [1.807, 2.05) is 44.4 Å². The van der Waals surface area contributed by atoms with Gasteiger partial charge in [0.1, 0.15) is 0 Å². The van der Waals surface area contributed by atoms with E-state index in [0.717, 1.165) is 13.0 Å². The molecule has 1 aliphatic carbocycles. The summed E-state index contributed by atoms with van der Waals surface area (Å²) in [5, 5.41) is 6.13. The van der Waals surface area contributed by atoms with Crippen molar-refractivity contribution in [2.24, 2.45) is 23.7 Å². The van der Waals surface area contributed by atoms with Crippen molar-refractivity contribution in [3.63, 3.8) is 0 Å². The molecule has 0 saturated carbocycles. The summed E-state index contributed by atoms with van der Waals surface area (Å²) >= 11 is 0. The molecule has 2 rings (SSSR count). The topological polar surface area (TPSA) is 61.4 Å². The van der Waals surface area contributed by atoms with Crippen LogP contribution in [0, 0.1) is 23.7 Å². The Hall–Kier alpha value is -2.14. The van der Waals surface area contributed by atoms with E-state index in [1.54, 1.807) is 0 Å². The number of carbonyl (C=O) groups is 2. The van der Waals surface area contributed by atoms with E-state index >= 15 is 0 Å². The van der Waals surface area contributed by atoms with Crippen molar-refractivity contribution in [1.29, 1.82) is 0 Å². The maximum atomic E-state index is 12.4. The van der Waals surface area contributed by atoms with Crippen LogP contribution >= 0.6 is 0 Å². The highest BCUT2D eigenvalue weighted by molar-refractivity contribution is 5.94. The average Bonchev–Trinajstić information content (AvgIpc) is 2.67. The van der Waals surface area contributed by atoms with Crippen molar-refractivity contribution in [3.05, 3.63) is 47.5 Å². The first-order valence-electron chi connectivity index (χ1n) is 10.7. The Morgan fingerprint density at radius 2 is 1.83 bits per heavy atom. The molecule has 0 saturated heterocycles. The SMILES string of the molecule is CC1=CC(CNC(=O)c2ccccc2)C(C(C)C)CC1CC(=O)NCCN(C)C. The number of allylic oxidation sites excluding steroid dienone is 1. The molecule has 0 fully saturated rings. The van der Waals surface area contributed by atoms with Crippen LogP contribution in [-0.2, 0) is 4.79 Å². The molecular formula is C24H37N3O2. The molecule has 1 aromatic carbocycles. The summed E-state index contributed by atoms with van der Waals surface area (Å²) in [6.45, 7) is 8.76. The third-order valence-corrected chi connectivity index (χ3v) is 5.93. The second-order valence-electron chi connectivity index (χ2n) is 8.85. The van der Waals surface area contributed by atoms with Gasteiger partial charge in [-0.25, -0.2) is 0 Å². The van der Waals surface area contributed by atoms with Gasteiger partial charge >= 0.3 is 0 Å². The Kier molecular flexibility index (Phi) is 8.90. The zero-order valence-corrected chi connectivity index (χ0v) is 18.6. The minimum atomic E-state index is -0.0263. The number of hydrogen-bond donors (Lipinski definition) is 2. The quantitative estimate of drug-likeness (QED) is 0.626. The Labute approximate surface area is 175 Å². The van der Waals surface area contributed by atoms with Gasteiger partial charge in [0.2, 0.25) is 5.91 Å². The first-order valence-corrected chi connectivity index (χ1v) is 10.7. The number of benzene rings is 1. The largest absolute Gasteiger partial charge is 0.355 e. The molecular weight excluding hydrogens is 362 g/mol. The van der Waals surface area contributed by atoms with E-state index in [0.29, 0.717) is 42.8 Å². The summed E-state index contributed by atoms with van der Waals surface area (Å²) in [6.07, 6.45) is 3.83. The Balaban J connectivity index is 1.95. The zero-order chi connectivity index (χ0) is 21.4. The molecule has 3 atom stereocenters. The van der Waals surface area contributed by atoms with Crippen LogP contribution in [0.1, 0.15) is 44.0 Å². The summed E-state index contributed by atoms with van der Waals surface area (Å²) in [6, 6.07) is 9.34. The molecule has 2 N–H and O–H groups in total. The zero-order valence-electron chi connectivity index (χ0n) is 18.6. The summed E-state index contributed by atoms with van der Waals surface area (Å²) in [5.74, 6) is 1.63. The third kappa shape index (κ3) is 7.32. The molecule has 0 spiro atoms. The lowest BCUT2D eigenvalue weighted by molar-refractivity contribution is -0.122. The van der Waals surface area contributed by atoms with E-state index in [9.17, 15) is 9.59 Å². The molecule has 2 amide bonds. The van der Waals surface area contributed by atoms with Crippen molar-refractivity contribution in [3.8, 4) is 0 Å². The van der Waals surface area contributed by atoms with Crippen LogP contribution in [0.4, 0.5) is 0 Å². The van der Waals surface area contributed by atoms with Crippen molar-refractivity contribution in [2.75, 3.05) is 33.7 Å². The van der Waals surface area contributed by atoms with Gasteiger partial charge in [-0.15, -0.1) is 0 Å². The van der Waals surface area contributed by atoms with Crippen LogP contribution in [0.2, 0.25) is 0 Å². The van der Waals surface area contributed by atoms with Crippen molar-refractivity contribution in [2.45, 2.75) is 33.6 Å². The minimum absolute atomic E-state index is 0.0263. The van der Waals surface area contributed by atoms with E-state index < -0.39 is 0 Å². The molecule has 29 heavy (non-hydrogen) atoms. The highest BCUT2D eigenvalue weighted by Crippen LogP contribution is 2.38. The van der Waals surface area contributed by atoms with Crippen LogP contribution in [-0.4, -0.2) is 50.4 Å². The predicted molar refractivity (Wildman–Crippen MR) is 119 cm³/mol. The van der Waals surface area contributed by atoms with Crippen molar-refractivity contribution >= 4 is 11.8 Å². The van der Waals surface area contributed by atoms with Gasteiger partial charge in [-0.3, -0.25) is 9.59 Å². The summed E-state index contributed by atoms with van der Waals surface area (Å²) < 4.78 is 0. The van der Waals surface area contributed by atoms with Crippen LogP contribution < -0.4 is 10.6 Å². The number of hydrogen-bond acceptors (Lipinski definition) is 3. The van der Waals surface area contributed by atoms with Gasteiger partial charge in [0.25, 0.3) is 5.91 Å². The number of nitrogens with one attached hydrogen (secondary N) is 2. The van der Waals surface area contributed by atoms with Crippen molar-refractivity contribution < 1.29 is 9.59 Å². The second-order valence-corrected chi connectivity index (χ2v) is 8.85. The van der Waals surface area contributed by atoms with Crippen LogP contribution in [0.15, 0.2) is 42.0 Å². The molecule has 0 radical (unpaired) electrons. The van der Waals surface area contributed by atoms with Crippen LogP contribution in [0.3, 0.4) is 0 Å². The predicted octanol–water partition coefficient (Wildman–Crippen LogP) is 3.34. The van der Waals surface area contributed by atoms with Gasteiger partial charge < -0.3 is 15.5 Å². The monoisotopic (exact) mass is 399 g/mol. The lowest BCUT2D eigenvalue weighted by Gasteiger charge is -2.37. The normalized spacial score (nSPS) is 21.8. The average molecular weight is 400 g/mol. The molecule has 1 aliphatic rings. The smallest absolute Gasteiger partial charge is 0.251 e. The summed E-state index contributed by atoms with van der Waals surface area (Å²) in [7, 11) is 4.01. The van der Waals surface area contributed by atoms with Gasteiger partial charge in [-0.05, 0) is 63.2 Å². The van der Waals surface area contributed by atoms with E-state index in [-0.39, 0.29) is 17.7 Å². The Bertz CT molecular complexity index is 697. The van der Waals surface area contributed by atoms with E-state index in [4.69, 9.17) is 0 Å². The minimum Gasteiger partial charge on any atom is -0.355 e. The molecule has 0 aromatic heterocycles. The highest BCUT2D eigenvalue weighted by Gasteiger charge is 2.32. The molecule has 3 unspecified atom stereocenters. The summed E-state index contributed by atoms with van der Waals surface area (Å²) in [4.78, 5) is 26.8. The summed E-state index contributed by atoms with van der Waals surface area (Å²) in [5.41, 5.74) is 1.96. The maximum Gasteiger partial charge on any atom is 0.251 e. The molecule has 160 valence electrons. The van der Waals surface area contributed by atoms with Crippen molar-refractivity contribution in [1.82, 2.24) is 15.5 Å². The number of likely N-dealkylation sites (N-methyl/N-ethyl adjacent to an activating group) is 1. The van der Waals surface area contributed by atoms with Gasteiger partial charge in [0.05, 0.1) is 0 Å². The fraction of sp³-hybridized carbons (Fsp3) is 0.583. The molecule has 0 aliphatic heterocycles. The van der Waals surface area contributed by atoms with Crippen LogP contribution in [0.25, 0.3) is 0 Å². The molecule has 0 bridgehead atoms. The van der Waals surface area contributed by atoms with Gasteiger partial charge in [-0.2, -0.15) is 0 Å². The second kappa shape index (κ2) is 11.1. The number of carbonyl (C=O) groups excluding carboxylic acids is 2. The first kappa shape index (κ1) is 23.1. The van der Waals surface area contributed by atoms with Gasteiger partial charge in [0.15, 0.2) is 0 Å². The maximum absolute atomic E-state index is 12.4. The van der Waals surface area contributed by atoms with Crippen LogP contribution in [0.5, 0.6) is 0 Å². The molecule has 5 heteroatoms. The molecule has 0 heterocycles. The van der Waals surface area contributed by atoms with E-state index in [2.05, 4.69) is 42.4 Å².